The summed E-state index contributed by atoms with van der Waals surface area (Å²) in [6.07, 6.45) is -0.661. The van der Waals surface area contributed by atoms with Crippen LogP contribution in [0.3, 0.4) is 0 Å². The van der Waals surface area contributed by atoms with E-state index in [0.29, 0.717) is 0 Å². The zero-order valence-electron chi connectivity index (χ0n) is 22.8. The minimum atomic E-state index is -3.78. The van der Waals surface area contributed by atoms with Crippen LogP contribution in [0.2, 0.25) is 0 Å². The molecule has 0 aromatic heterocycles. The summed E-state index contributed by atoms with van der Waals surface area (Å²) in [5.41, 5.74) is 1.30. The Morgan fingerprint density at radius 2 is 1.26 bits per heavy atom. The van der Waals surface area contributed by atoms with Crippen molar-refractivity contribution in [3.8, 4) is 0 Å². The van der Waals surface area contributed by atoms with Crippen molar-refractivity contribution in [2.24, 2.45) is 0 Å². The van der Waals surface area contributed by atoms with E-state index in [4.69, 9.17) is 18.4 Å². The Balaban J connectivity index is 1.72. The first-order chi connectivity index (χ1) is 18.5. The first-order valence-corrected chi connectivity index (χ1v) is 14.5. The Bertz CT molecular complexity index is 1160. The fourth-order valence-corrected chi connectivity index (χ4v) is 4.73. The number of hydrogen-bond acceptors (Lipinski definition) is 7. The van der Waals surface area contributed by atoms with Gasteiger partial charge in [0.05, 0.1) is 32.6 Å². The van der Waals surface area contributed by atoms with Crippen LogP contribution in [0, 0.1) is 0 Å². The number of carbonyl (C=O) groups is 1. The highest BCUT2D eigenvalue weighted by Crippen LogP contribution is 2.40. The number of hydrogen-bond donors (Lipinski definition) is 1. The predicted octanol–water partition coefficient (Wildman–Crippen LogP) is 4.88. The smallest absolute Gasteiger partial charge is 0.407 e. The molecule has 0 saturated carbocycles. The molecular weight excluding hydrogens is 518 g/mol. The second-order valence-electron chi connectivity index (χ2n) is 10.0. The molecule has 0 heterocycles. The molecular formula is C30H37NO7S. The molecule has 0 aliphatic heterocycles. The zero-order chi connectivity index (χ0) is 28.4. The maximum absolute atomic E-state index is 12.0. The highest BCUT2D eigenvalue weighted by atomic mass is 32.2. The van der Waals surface area contributed by atoms with Crippen LogP contribution in [0.5, 0.6) is 0 Å². The Kier molecular flexibility index (Phi) is 10.7. The quantitative estimate of drug-likeness (QED) is 0.182. The molecule has 39 heavy (non-hydrogen) atoms. The summed E-state index contributed by atoms with van der Waals surface area (Å²) in [6, 6.07) is 29.9. The summed E-state index contributed by atoms with van der Waals surface area (Å²) in [6.45, 7) is 5.38. The summed E-state index contributed by atoms with van der Waals surface area (Å²) < 4.78 is 46.3. The van der Waals surface area contributed by atoms with Crippen molar-refractivity contribution in [2.45, 2.75) is 38.1 Å². The largest absolute Gasteiger partial charge is 0.444 e. The molecule has 3 aromatic rings. The zero-order valence-corrected chi connectivity index (χ0v) is 23.6. The van der Waals surface area contributed by atoms with Gasteiger partial charge in [0.15, 0.2) is 0 Å². The second-order valence-corrected chi connectivity index (χ2v) is 11.6. The number of amides is 1. The molecule has 1 N–H and O–H groups in total. The van der Waals surface area contributed by atoms with Gasteiger partial charge in [0, 0.05) is 0 Å². The van der Waals surface area contributed by atoms with Gasteiger partial charge in [0.25, 0.3) is 10.1 Å². The van der Waals surface area contributed by atoms with E-state index in [1.165, 1.54) is 0 Å². The summed E-state index contributed by atoms with van der Waals surface area (Å²) in [7, 11) is -3.78. The number of benzene rings is 3. The van der Waals surface area contributed by atoms with E-state index in [1.54, 1.807) is 20.8 Å². The van der Waals surface area contributed by atoms with Crippen LogP contribution < -0.4 is 5.32 Å². The van der Waals surface area contributed by atoms with Crippen LogP contribution >= 0.6 is 0 Å². The number of alkyl carbamates (subject to hydrolysis) is 1. The van der Waals surface area contributed by atoms with Crippen LogP contribution in [0.25, 0.3) is 0 Å². The highest BCUT2D eigenvalue weighted by Gasteiger charge is 2.37. The third-order valence-electron chi connectivity index (χ3n) is 5.57. The van der Waals surface area contributed by atoms with Gasteiger partial charge in [-0.15, -0.1) is 0 Å². The molecule has 210 valence electrons. The van der Waals surface area contributed by atoms with Gasteiger partial charge in [-0.1, -0.05) is 91.0 Å². The first kappa shape index (κ1) is 30.3. The van der Waals surface area contributed by atoms with Crippen molar-refractivity contribution in [3.05, 3.63) is 108 Å². The predicted molar refractivity (Wildman–Crippen MR) is 150 cm³/mol. The van der Waals surface area contributed by atoms with Gasteiger partial charge in [-0.2, -0.15) is 8.42 Å². The van der Waals surface area contributed by atoms with Crippen molar-refractivity contribution in [3.63, 3.8) is 0 Å². The summed E-state index contributed by atoms with van der Waals surface area (Å²) >= 11 is 0. The maximum atomic E-state index is 12.0. The van der Waals surface area contributed by atoms with E-state index in [1.807, 2.05) is 91.0 Å². The van der Waals surface area contributed by atoms with E-state index in [2.05, 4.69) is 5.32 Å². The molecule has 3 aromatic carbocycles. The Hall–Kier alpha value is -3.24. The summed E-state index contributed by atoms with van der Waals surface area (Å²) in [4.78, 5) is 12.0. The molecule has 1 unspecified atom stereocenters. The lowest BCUT2D eigenvalue weighted by atomic mass is 9.80. The SMILES string of the molecule is CC(C)(C)OC(=O)NCC(COCCOC(c1ccccc1)(c1ccccc1)c1ccccc1)OS(C)(=O)=O. The molecule has 8 nitrogen and oxygen atoms in total. The van der Waals surface area contributed by atoms with Crippen molar-refractivity contribution in [2.75, 3.05) is 32.6 Å². The molecule has 0 aliphatic rings. The minimum Gasteiger partial charge on any atom is -0.444 e. The van der Waals surface area contributed by atoms with E-state index < -0.39 is 33.5 Å². The fraction of sp³-hybridized carbons (Fsp3) is 0.367. The topological polar surface area (TPSA) is 100 Å². The van der Waals surface area contributed by atoms with Crippen molar-refractivity contribution in [1.29, 1.82) is 0 Å². The van der Waals surface area contributed by atoms with Gasteiger partial charge in [-0.3, -0.25) is 4.18 Å². The standard InChI is InChI=1S/C30H37NO7S/c1-29(2,3)37-28(32)31-22-27(38-39(4,33)34)23-35-20-21-36-30(24-14-8-5-9-15-24,25-16-10-6-11-17-25)26-18-12-7-13-19-26/h5-19,27H,20-23H2,1-4H3,(H,31,32). The molecule has 3 rings (SSSR count). The lowest BCUT2D eigenvalue weighted by Gasteiger charge is -2.36. The number of carbonyl (C=O) groups excluding carboxylic acids is 1. The molecule has 1 amide bonds. The lowest BCUT2D eigenvalue weighted by molar-refractivity contribution is -0.0354. The van der Waals surface area contributed by atoms with Crippen LogP contribution in [-0.4, -0.2) is 58.8 Å². The normalized spacial score (nSPS) is 13.0. The Morgan fingerprint density at radius 1 is 0.795 bits per heavy atom. The third-order valence-corrected chi connectivity index (χ3v) is 6.20. The van der Waals surface area contributed by atoms with Crippen LogP contribution in [0.1, 0.15) is 37.5 Å². The summed E-state index contributed by atoms with van der Waals surface area (Å²) in [5, 5.41) is 2.53. The van der Waals surface area contributed by atoms with Crippen molar-refractivity contribution >= 4 is 16.2 Å². The lowest BCUT2D eigenvalue weighted by Crippen LogP contribution is -2.40. The van der Waals surface area contributed by atoms with Gasteiger partial charge < -0.3 is 19.5 Å². The molecule has 1 atom stereocenters. The monoisotopic (exact) mass is 555 g/mol. The van der Waals surface area contributed by atoms with E-state index in [9.17, 15) is 13.2 Å². The van der Waals surface area contributed by atoms with Gasteiger partial charge >= 0.3 is 6.09 Å². The number of ether oxygens (including phenoxy) is 3. The molecule has 9 heteroatoms. The fourth-order valence-electron chi connectivity index (χ4n) is 4.12. The first-order valence-electron chi connectivity index (χ1n) is 12.7. The van der Waals surface area contributed by atoms with Crippen LogP contribution in [-0.2, 0) is 34.1 Å². The van der Waals surface area contributed by atoms with Crippen molar-refractivity contribution < 1.29 is 31.6 Å². The van der Waals surface area contributed by atoms with Crippen LogP contribution in [0.15, 0.2) is 91.0 Å². The van der Waals surface area contributed by atoms with E-state index in [-0.39, 0.29) is 26.4 Å². The van der Waals surface area contributed by atoms with Gasteiger partial charge in [0.1, 0.15) is 17.3 Å². The molecule has 0 saturated heterocycles. The molecule has 0 aliphatic carbocycles. The molecule has 0 bridgehead atoms. The van der Waals surface area contributed by atoms with Crippen molar-refractivity contribution in [1.82, 2.24) is 5.32 Å². The highest BCUT2D eigenvalue weighted by molar-refractivity contribution is 7.86. The summed E-state index contributed by atoms with van der Waals surface area (Å²) in [5.74, 6) is 0. The Morgan fingerprint density at radius 3 is 1.67 bits per heavy atom. The average molecular weight is 556 g/mol. The van der Waals surface area contributed by atoms with E-state index >= 15 is 0 Å². The maximum Gasteiger partial charge on any atom is 0.407 e. The molecule has 0 spiro atoms. The Labute approximate surface area is 231 Å². The number of rotatable bonds is 13. The van der Waals surface area contributed by atoms with Crippen LogP contribution in [0.4, 0.5) is 4.79 Å². The molecule has 0 fully saturated rings. The second kappa shape index (κ2) is 13.7. The average Bonchev–Trinajstić information content (AvgIpc) is 2.89. The minimum absolute atomic E-state index is 0.0821. The third kappa shape index (κ3) is 9.47. The van der Waals surface area contributed by atoms with Gasteiger partial charge in [-0.05, 0) is 37.5 Å². The molecule has 0 radical (unpaired) electrons. The van der Waals surface area contributed by atoms with Gasteiger partial charge in [-0.25, -0.2) is 4.79 Å². The van der Waals surface area contributed by atoms with Gasteiger partial charge in [0.2, 0.25) is 0 Å². The van der Waals surface area contributed by atoms with E-state index in [0.717, 1.165) is 22.9 Å². The number of nitrogens with one attached hydrogen (secondary N) is 1.